The summed E-state index contributed by atoms with van der Waals surface area (Å²) in [6, 6.07) is 4.17. The fraction of sp³-hybridized carbons (Fsp3) is 0.500. The third kappa shape index (κ3) is 2.93. The highest BCUT2D eigenvalue weighted by Gasteiger charge is 2.33. The van der Waals surface area contributed by atoms with Gasteiger partial charge in [-0.05, 0) is 37.1 Å². The Bertz CT molecular complexity index is 397. The Hall–Kier alpha value is -0.740. The van der Waals surface area contributed by atoms with Gasteiger partial charge in [-0.3, -0.25) is 0 Å². The minimum Gasteiger partial charge on any atom is -0.310 e. The third-order valence-electron chi connectivity index (χ3n) is 3.01. The van der Waals surface area contributed by atoms with Crippen molar-refractivity contribution in [1.29, 1.82) is 0 Å². The topological polar surface area (TPSA) is 12.0 Å². The summed E-state index contributed by atoms with van der Waals surface area (Å²) in [4.78, 5) is 0. The first-order valence-corrected chi connectivity index (χ1v) is 5.96. The summed E-state index contributed by atoms with van der Waals surface area (Å²) in [6.45, 7) is 0.856. The lowest BCUT2D eigenvalue weighted by Crippen LogP contribution is -2.27. The van der Waals surface area contributed by atoms with Gasteiger partial charge >= 0.3 is 6.18 Å². The Morgan fingerprint density at radius 1 is 1.24 bits per heavy atom. The first-order chi connectivity index (χ1) is 7.98. The molecule has 0 radical (unpaired) electrons. The van der Waals surface area contributed by atoms with Gasteiger partial charge in [-0.15, -0.1) is 0 Å². The molecule has 0 amide bonds. The van der Waals surface area contributed by atoms with E-state index in [0.717, 1.165) is 31.9 Å². The molecular weight excluding hydrogens is 251 g/mol. The second-order valence-electron chi connectivity index (χ2n) is 4.24. The number of hydrogen-bond acceptors (Lipinski definition) is 1. The SMILES string of the molecule is FC(F)(F)c1cc(C2CCCCN2)ccc1Cl. The van der Waals surface area contributed by atoms with Crippen LogP contribution in [0.5, 0.6) is 0 Å². The summed E-state index contributed by atoms with van der Waals surface area (Å²) in [7, 11) is 0. The molecular formula is C12H13ClF3N. The number of alkyl halides is 3. The van der Waals surface area contributed by atoms with Crippen molar-refractivity contribution < 1.29 is 13.2 Å². The lowest BCUT2D eigenvalue weighted by Gasteiger charge is -2.24. The smallest absolute Gasteiger partial charge is 0.310 e. The van der Waals surface area contributed by atoms with Crippen LogP contribution in [0.4, 0.5) is 13.2 Å². The highest BCUT2D eigenvalue weighted by atomic mass is 35.5. The predicted molar refractivity (Wildman–Crippen MR) is 61.0 cm³/mol. The summed E-state index contributed by atoms with van der Waals surface area (Å²) in [5.74, 6) is 0. The maximum absolute atomic E-state index is 12.7. The van der Waals surface area contributed by atoms with Crippen molar-refractivity contribution in [3.63, 3.8) is 0 Å². The molecule has 1 saturated heterocycles. The predicted octanol–water partition coefficient (Wildman–Crippen LogP) is 4.17. The van der Waals surface area contributed by atoms with Gasteiger partial charge < -0.3 is 5.32 Å². The van der Waals surface area contributed by atoms with Crippen LogP contribution < -0.4 is 5.32 Å². The molecule has 1 fully saturated rings. The third-order valence-corrected chi connectivity index (χ3v) is 3.34. The molecule has 0 saturated carbocycles. The number of nitrogens with one attached hydrogen (secondary N) is 1. The highest BCUT2D eigenvalue weighted by molar-refractivity contribution is 6.31. The van der Waals surface area contributed by atoms with E-state index in [1.165, 1.54) is 6.07 Å². The van der Waals surface area contributed by atoms with E-state index >= 15 is 0 Å². The lowest BCUT2D eigenvalue weighted by atomic mass is 9.96. The molecule has 1 atom stereocenters. The molecule has 1 aromatic carbocycles. The molecule has 1 N–H and O–H groups in total. The van der Waals surface area contributed by atoms with Crippen LogP contribution in [0, 0.1) is 0 Å². The van der Waals surface area contributed by atoms with Crippen molar-refractivity contribution in [3.05, 3.63) is 34.3 Å². The van der Waals surface area contributed by atoms with Gasteiger partial charge in [0.05, 0.1) is 10.6 Å². The average molecular weight is 264 g/mol. The van der Waals surface area contributed by atoms with Gasteiger partial charge in [-0.2, -0.15) is 13.2 Å². The van der Waals surface area contributed by atoms with E-state index in [4.69, 9.17) is 11.6 Å². The van der Waals surface area contributed by atoms with Crippen LogP contribution in [0.3, 0.4) is 0 Å². The van der Waals surface area contributed by atoms with Crippen LogP contribution >= 0.6 is 11.6 Å². The first-order valence-electron chi connectivity index (χ1n) is 5.58. The fourth-order valence-electron chi connectivity index (χ4n) is 2.11. The van der Waals surface area contributed by atoms with Crippen LogP contribution in [0.1, 0.15) is 36.4 Å². The summed E-state index contributed by atoms with van der Waals surface area (Å²) in [6.07, 6.45) is -1.39. The van der Waals surface area contributed by atoms with Crippen molar-refractivity contribution in [2.75, 3.05) is 6.54 Å². The van der Waals surface area contributed by atoms with E-state index < -0.39 is 11.7 Å². The molecule has 94 valence electrons. The van der Waals surface area contributed by atoms with Crippen LogP contribution in [-0.2, 0) is 6.18 Å². The number of rotatable bonds is 1. The van der Waals surface area contributed by atoms with Crippen molar-refractivity contribution in [2.45, 2.75) is 31.5 Å². The fourth-order valence-corrected chi connectivity index (χ4v) is 2.34. The average Bonchev–Trinajstić information content (AvgIpc) is 2.29. The number of hydrogen-bond donors (Lipinski definition) is 1. The number of piperidine rings is 1. The Balaban J connectivity index is 2.30. The summed E-state index contributed by atoms with van der Waals surface area (Å²) >= 11 is 5.58. The molecule has 0 bridgehead atoms. The largest absolute Gasteiger partial charge is 0.417 e. The quantitative estimate of drug-likeness (QED) is 0.802. The molecule has 1 nitrogen and oxygen atoms in total. The molecule has 17 heavy (non-hydrogen) atoms. The van der Waals surface area contributed by atoms with Crippen molar-refractivity contribution in [3.8, 4) is 0 Å². The normalized spacial score (nSPS) is 21.5. The first kappa shape index (κ1) is 12.7. The van der Waals surface area contributed by atoms with Gasteiger partial charge in [0, 0.05) is 6.04 Å². The molecule has 1 heterocycles. The standard InChI is InChI=1S/C12H13ClF3N/c13-10-5-4-8(7-9(10)12(14,15)16)11-3-1-2-6-17-11/h4-5,7,11,17H,1-3,6H2. The van der Waals surface area contributed by atoms with Crippen LogP contribution in [0.25, 0.3) is 0 Å². The van der Waals surface area contributed by atoms with Gasteiger partial charge in [0.1, 0.15) is 0 Å². The van der Waals surface area contributed by atoms with Gasteiger partial charge in [0.2, 0.25) is 0 Å². The molecule has 1 aliphatic heterocycles. The Labute approximate surface area is 103 Å². The number of benzene rings is 1. The van der Waals surface area contributed by atoms with E-state index in [9.17, 15) is 13.2 Å². The Morgan fingerprint density at radius 3 is 2.59 bits per heavy atom. The van der Waals surface area contributed by atoms with Gasteiger partial charge in [0.15, 0.2) is 0 Å². The van der Waals surface area contributed by atoms with Crippen molar-refractivity contribution in [1.82, 2.24) is 5.32 Å². The molecule has 1 unspecified atom stereocenters. The minimum atomic E-state index is -4.39. The van der Waals surface area contributed by atoms with Gasteiger partial charge in [-0.25, -0.2) is 0 Å². The molecule has 0 aliphatic carbocycles. The van der Waals surface area contributed by atoms with Crippen LogP contribution in [-0.4, -0.2) is 6.54 Å². The highest BCUT2D eigenvalue weighted by Crippen LogP contribution is 2.37. The maximum Gasteiger partial charge on any atom is 0.417 e. The molecule has 1 aromatic rings. The Morgan fingerprint density at radius 2 is 2.00 bits per heavy atom. The number of halogens is 4. The minimum absolute atomic E-state index is 0.0158. The van der Waals surface area contributed by atoms with E-state index in [1.807, 2.05) is 0 Å². The Kier molecular flexibility index (Phi) is 3.64. The summed E-state index contributed by atoms with van der Waals surface area (Å²) < 4.78 is 38.1. The van der Waals surface area contributed by atoms with E-state index in [0.29, 0.717) is 5.56 Å². The van der Waals surface area contributed by atoms with Crippen LogP contribution in [0.15, 0.2) is 18.2 Å². The van der Waals surface area contributed by atoms with Gasteiger partial charge in [0.25, 0.3) is 0 Å². The zero-order valence-electron chi connectivity index (χ0n) is 9.15. The van der Waals surface area contributed by atoms with E-state index in [-0.39, 0.29) is 11.1 Å². The van der Waals surface area contributed by atoms with Crippen LogP contribution in [0.2, 0.25) is 5.02 Å². The van der Waals surface area contributed by atoms with Gasteiger partial charge in [-0.1, -0.05) is 24.1 Å². The summed E-state index contributed by atoms with van der Waals surface area (Å²) in [5, 5.41) is 2.98. The zero-order valence-corrected chi connectivity index (χ0v) is 9.91. The molecule has 2 rings (SSSR count). The summed E-state index contributed by atoms with van der Waals surface area (Å²) in [5.41, 5.74) is -0.0783. The van der Waals surface area contributed by atoms with Crippen molar-refractivity contribution in [2.24, 2.45) is 0 Å². The second-order valence-corrected chi connectivity index (χ2v) is 4.65. The molecule has 0 aromatic heterocycles. The maximum atomic E-state index is 12.7. The van der Waals surface area contributed by atoms with E-state index in [1.54, 1.807) is 6.07 Å². The van der Waals surface area contributed by atoms with E-state index in [2.05, 4.69) is 5.32 Å². The van der Waals surface area contributed by atoms with Crippen molar-refractivity contribution >= 4 is 11.6 Å². The molecule has 0 spiro atoms. The second kappa shape index (κ2) is 4.86. The monoisotopic (exact) mass is 263 g/mol. The zero-order chi connectivity index (χ0) is 12.5. The lowest BCUT2D eigenvalue weighted by molar-refractivity contribution is -0.137. The molecule has 5 heteroatoms. The molecule has 1 aliphatic rings.